The van der Waals surface area contributed by atoms with Gasteiger partial charge < -0.3 is 28.1 Å². The summed E-state index contributed by atoms with van der Waals surface area (Å²) >= 11 is 0. The van der Waals surface area contributed by atoms with Crippen molar-refractivity contribution in [3.8, 4) is 39.9 Å². The van der Waals surface area contributed by atoms with Gasteiger partial charge in [0.15, 0.2) is 11.5 Å². The molecule has 0 N–H and O–H groups in total. The van der Waals surface area contributed by atoms with E-state index in [1.54, 1.807) is 39.5 Å². The third-order valence-corrected chi connectivity index (χ3v) is 5.21. The van der Waals surface area contributed by atoms with Gasteiger partial charge in [-0.1, -0.05) is 11.6 Å². The van der Waals surface area contributed by atoms with E-state index in [0.717, 1.165) is 11.1 Å². The van der Waals surface area contributed by atoms with Gasteiger partial charge in [0.2, 0.25) is 5.43 Å². The van der Waals surface area contributed by atoms with Crippen molar-refractivity contribution in [3.05, 3.63) is 51.9 Å². The number of ether oxygens (including phenoxy) is 5. The molecule has 0 bridgehead atoms. The van der Waals surface area contributed by atoms with E-state index in [1.807, 2.05) is 19.9 Å². The molecular formula is C25H28O7. The third-order valence-electron chi connectivity index (χ3n) is 5.21. The highest BCUT2D eigenvalue weighted by molar-refractivity contribution is 5.90. The summed E-state index contributed by atoms with van der Waals surface area (Å²) in [5.74, 6) is 2.40. The number of hydrogen-bond acceptors (Lipinski definition) is 7. The van der Waals surface area contributed by atoms with Crippen molar-refractivity contribution in [2.45, 2.75) is 20.3 Å². The highest BCUT2D eigenvalue weighted by atomic mass is 16.5. The van der Waals surface area contributed by atoms with Crippen LogP contribution in [0.25, 0.3) is 22.1 Å². The fraction of sp³-hybridized carbons (Fsp3) is 0.320. The van der Waals surface area contributed by atoms with E-state index in [4.69, 9.17) is 28.1 Å². The highest BCUT2D eigenvalue weighted by Crippen LogP contribution is 2.45. The molecule has 0 aliphatic carbocycles. The van der Waals surface area contributed by atoms with E-state index in [1.165, 1.54) is 20.5 Å². The first-order valence-electron chi connectivity index (χ1n) is 10.0. The number of methoxy groups -OCH3 is 5. The molecular weight excluding hydrogens is 412 g/mol. The molecule has 0 spiro atoms. The van der Waals surface area contributed by atoms with Crippen LogP contribution in [0.5, 0.6) is 28.7 Å². The Kier molecular flexibility index (Phi) is 6.98. The molecule has 0 amide bonds. The summed E-state index contributed by atoms with van der Waals surface area (Å²) in [5.41, 5.74) is 2.89. The molecule has 3 aromatic rings. The normalized spacial score (nSPS) is 10.6. The molecule has 0 unspecified atom stereocenters. The Bertz CT molecular complexity index is 1220. The van der Waals surface area contributed by atoms with Crippen LogP contribution in [0.2, 0.25) is 0 Å². The van der Waals surface area contributed by atoms with Crippen LogP contribution in [0.15, 0.2) is 45.3 Å². The van der Waals surface area contributed by atoms with Crippen molar-refractivity contribution < 1.29 is 28.1 Å². The van der Waals surface area contributed by atoms with Crippen molar-refractivity contribution in [3.63, 3.8) is 0 Å². The van der Waals surface area contributed by atoms with Crippen LogP contribution >= 0.6 is 0 Å². The van der Waals surface area contributed by atoms with Gasteiger partial charge in [-0.3, -0.25) is 4.79 Å². The lowest BCUT2D eigenvalue weighted by Gasteiger charge is -2.19. The molecule has 0 radical (unpaired) electrons. The molecule has 0 aliphatic rings. The standard InChI is InChI=1S/C25H28O7/c1-14(2)8-9-16-22(19(29-5)12-21(30-6)25(16)31-7)17-13-32-20-11-15(27-3)10-18(28-4)23(20)24(17)26/h8,10-13H,9H2,1-7H3. The highest BCUT2D eigenvalue weighted by Gasteiger charge is 2.25. The van der Waals surface area contributed by atoms with E-state index in [9.17, 15) is 4.79 Å². The second-order valence-corrected chi connectivity index (χ2v) is 7.33. The molecule has 0 fully saturated rings. The lowest BCUT2D eigenvalue weighted by Crippen LogP contribution is -2.10. The smallest absolute Gasteiger partial charge is 0.204 e. The summed E-state index contributed by atoms with van der Waals surface area (Å²) in [6.45, 7) is 4.01. The van der Waals surface area contributed by atoms with E-state index >= 15 is 0 Å². The van der Waals surface area contributed by atoms with E-state index < -0.39 is 0 Å². The summed E-state index contributed by atoms with van der Waals surface area (Å²) in [7, 11) is 7.71. The minimum absolute atomic E-state index is 0.255. The zero-order valence-corrected chi connectivity index (χ0v) is 19.5. The minimum Gasteiger partial charge on any atom is -0.496 e. The largest absolute Gasteiger partial charge is 0.496 e. The molecule has 7 heteroatoms. The monoisotopic (exact) mass is 440 g/mol. The van der Waals surface area contributed by atoms with Crippen LogP contribution in [0.4, 0.5) is 0 Å². The van der Waals surface area contributed by atoms with E-state index in [-0.39, 0.29) is 5.43 Å². The fourth-order valence-corrected chi connectivity index (χ4v) is 3.64. The summed E-state index contributed by atoms with van der Waals surface area (Å²) < 4.78 is 33.5. The Balaban J connectivity index is 2.44. The lowest BCUT2D eigenvalue weighted by atomic mass is 9.94. The maximum Gasteiger partial charge on any atom is 0.204 e. The summed E-state index contributed by atoms with van der Waals surface area (Å²) in [5, 5.41) is 0.316. The van der Waals surface area contributed by atoms with Gasteiger partial charge in [-0.15, -0.1) is 0 Å². The van der Waals surface area contributed by atoms with Gasteiger partial charge in [0.05, 0.1) is 41.1 Å². The Hall–Kier alpha value is -3.61. The first-order chi connectivity index (χ1) is 15.4. The van der Waals surface area contributed by atoms with Gasteiger partial charge in [-0.2, -0.15) is 0 Å². The van der Waals surface area contributed by atoms with Crippen LogP contribution in [0, 0.1) is 0 Å². The second kappa shape index (κ2) is 9.68. The molecule has 1 aromatic heterocycles. The number of benzene rings is 2. The zero-order chi connectivity index (χ0) is 23.4. The van der Waals surface area contributed by atoms with Crippen LogP contribution in [-0.4, -0.2) is 35.5 Å². The zero-order valence-electron chi connectivity index (χ0n) is 19.5. The average Bonchev–Trinajstić information content (AvgIpc) is 2.81. The molecule has 1 heterocycles. The lowest BCUT2D eigenvalue weighted by molar-refractivity contribution is 0.346. The SMILES string of the molecule is COc1cc(OC)c2c(=O)c(-c3c(OC)cc(OC)c(OC)c3CC=C(C)C)coc2c1. The predicted molar refractivity (Wildman–Crippen MR) is 124 cm³/mol. The van der Waals surface area contributed by atoms with Crippen molar-refractivity contribution in [1.82, 2.24) is 0 Å². The molecule has 170 valence electrons. The number of hydrogen-bond donors (Lipinski definition) is 0. The number of rotatable bonds is 8. The van der Waals surface area contributed by atoms with Gasteiger partial charge in [0.25, 0.3) is 0 Å². The Morgan fingerprint density at radius 1 is 0.875 bits per heavy atom. The Morgan fingerprint density at radius 3 is 2.12 bits per heavy atom. The molecule has 3 rings (SSSR count). The maximum absolute atomic E-state index is 13.7. The average molecular weight is 440 g/mol. The van der Waals surface area contributed by atoms with Crippen LogP contribution in [0.3, 0.4) is 0 Å². The molecule has 32 heavy (non-hydrogen) atoms. The fourth-order valence-electron chi connectivity index (χ4n) is 3.64. The molecule has 7 nitrogen and oxygen atoms in total. The molecule has 2 aromatic carbocycles. The topological polar surface area (TPSA) is 76.4 Å². The predicted octanol–water partition coefficient (Wildman–Crippen LogP) is 5.01. The number of fused-ring (bicyclic) bond motifs is 1. The van der Waals surface area contributed by atoms with Crippen LogP contribution in [0.1, 0.15) is 19.4 Å². The van der Waals surface area contributed by atoms with Gasteiger partial charge >= 0.3 is 0 Å². The van der Waals surface area contributed by atoms with Crippen LogP contribution in [-0.2, 0) is 6.42 Å². The maximum atomic E-state index is 13.7. The van der Waals surface area contributed by atoms with Crippen molar-refractivity contribution >= 4 is 11.0 Å². The number of allylic oxidation sites excluding steroid dienone is 2. The summed E-state index contributed by atoms with van der Waals surface area (Å²) in [6.07, 6.45) is 3.99. The molecule has 0 saturated heterocycles. The van der Waals surface area contributed by atoms with Crippen molar-refractivity contribution in [2.24, 2.45) is 0 Å². The second-order valence-electron chi connectivity index (χ2n) is 7.33. The van der Waals surface area contributed by atoms with Gasteiger partial charge in [-0.25, -0.2) is 0 Å². The minimum atomic E-state index is -0.255. The first kappa shape index (κ1) is 23.1. The Labute approximate surface area is 187 Å². The van der Waals surface area contributed by atoms with Crippen molar-refractivity contribution in [1.29, 1.82) is 0 Å². The quantitative estimate of drug-likeness (QED) is 0.456. The third kappa shape index (κ3) is 4.10. The molecule has 0 aliphatic heterocycles. The first-order valence-corrected chi connectivity index (χ1v) is 10.0. The van der Waals surface area contributed by atoms with E-state index in [2.05, 4.69) is 0 Å². The van der Waals surface area contributed by atoms with Gasteiger partial charge in [0, 0.05) is 29.3 Å². The van der Waals surface area contributed by atoms with Crippen molar-refractivity contribution in [2.75, 3.05) is 35.5 Å². The van der Waals surface area contributed by atoms with Gasteiger partial charge in [-0.05, 0) is 20.3 Å². The van der Waals surface area contributed by atoms with E-state index in [0.29, 0.717) is 57.3 Å². The summed E-state index contributed by atoms with van der Waals surface area (Å²) in [6, 6.07) is 5.01. The molecule has 0 atom stereocenters. The van der Waals surface area contributed by atoms with Gasteiger partial charge in [0.1, 0.15) is 34.5 Å². The molecule has 0 saturated carbocycles. The summed E-state index contributed by atoms with van der Waals surface area (Å²) in [4.78, 5) is 13.7. The van der Waals surface area contributed by atoms with Crippen LogP contribution < -0.4 is 29.1 Å². The Morgan fingerprint density at radius 2 is 1.56 bits per heavy atom.